The average Bonchev–Trinajstić information content (AvgIpc) is 2.36. The van der Waals surface area contributed by atoms with Gasteiger partial charge in [0.25, 0.3) is 0 Å². The van der Waals surface area contributed by atoms with Crippen LogP contribution in [-0.2, 0) is 0 Å². The minimum absolute atomic E-state index is 0.475. The predicted molar refractivity (Wildman–Crippen MR) is 89.9 cm³/mol. The van der Waals surface area contributed by atoms with Crippen LogP contribution in [0.5, 0.6) is 0 Å². The summed E-state index contributed by atoms with van der Waals surface area (Å²) in [5, 5.41) is 7.90. The molecule has 1 aromatic rings. The summed E-state index contributed by atoms with van der Waals surface area (Å²) in [6, 6.07) is 6.20. The second kappa shape index (κ2) is 6.91. The Morgan fingerprint density at radius 3 is 2.79 bits per heavy atom. The van der Waals surface area contributed by atoms with Crippen molar-refractivity contribution in [1.29, 1.82) is 0 Å². The summed E-state index contributed by atoms with van der Waals surface area (Å²) < 4.78 is 0.961. The van der Waals surface area contributed by atoms with E-state index in [9.17, 15) is 0 Å². The highest BCUT2D eigenvalue weighted by Crippen LogP contribution is 2.26. The second-order valence-corrected chi connectivity index (χ2v) is 6.82. The normalized spacial score (nSPS) is 22.9. The van der Waals surface area contributed by atoms with Crippen LogP contribution in [0.25, 0.3) is 0 Å². The van der Waals surface area contributed by atoms with Gasteiger partial charge in [0.15, 0.2) is 5.11 Å². The first-order chi connectivity index (χ1) is 9.06. The highest BCUT2D eigenvalue weighted by atomic mass is 79.9. The van der Waals surface area contributed by atoms with Gasteiger partial charge in [0.05, 0.1) is 10.7 Å². The maximum Gasteiger partial charge on any atom is 0.171 e. The van der Waals surface area contributed by atoms with Gasteiger partial charge in [0, 0.05) is 10.5 Å². The topological polar surface area (TPSA) is 24.1 Å². The van der Waals surface area contributed by atoms with Crippen LogP contribution in [0.3, 0.4) is 0 Å². The first kappa shape index (κ1) is 15.1. The molecule has 5 heteroatoms. The van der Waals surface area contributed by atoms with Gasteiger partial charge in [-0.1, -0.05) is 47.3 Å². The van der Waals surface area contributed by atoms with Crippen molar-refractivity contribution in [3.63, 3.8) is 0 Å². The Morgan fingerprint density at radius 1 is 1.37 bits per heavy atom. The zero-order valence-electron chi connectivity index (χ0n) is 10.9. The highest BCUT2D eigenvalue weighted by molar-refractivity contribution is 9.10. The number of halogens is 2. The van der Waals surface area contributed by atoms with E-state index >= 15 is 0 Å². The first-order valence-electron chi connectivity index (χ1n) is 6.59. The molecule has 2 N–H and O–H groups in total. The predicted octanol–water partition coefficient (Wildman–Crippen LogP) is 4.97. The minimum atomic E-state index is 0.475. The molecule has 0 heterocycles. The van der Waals surface area contributed by atoms with Gasteiger partial charge in [0.2, 0.25) is 0 Å². The van der Waals surface area contributed by atoms with Gasteiger partial charge in [-0.05, 0) is 49.2 Å². The summed E-state index contributed by atoms with van der Waals surface area (Å²) in [5.74, 6) is 0.675. The fourth-order valence-electron chi connectivity index (χ4n) is 2.45. The number of hydrogen-bond acceptors (Lipinski definition) is 1. The Kier molecular flexibility index (Phi) is 5.48. The molecule has 0 amide bonds. The molecule has 1 aliphatic rings. The third-order valence-electron chi connectivity index (χ3n) is 3.61. The SMILES string of the molecule is CC1CCCCC1NC(=S)Nc1ccc(Br)cc1Cl. The molecule has 1 fully saturated rings. The maximum atomic E-state index is 6.17. The molecule has 0 radical (unpaired) electrons. The van der Waals surface area contributed by atoms with Gasteiger partial charge in [0.1, 0.15) is 0 Å². The van der Waals surface area contributed by atoms with Crippen molar-refractivity contribution in [2.24, 2.45) is 5.92 Å². The van der Waals surface area contributed by atoms with Crippen molar-refractivity contribution >= 4 is 50.5 Å². The van der Waals surface area contributed by atoms with E-state index in [2.05, 4.69) is 33.5 Å². The van der Waals surface area contributed by atoms with Gasteiger partial charge in [-0.15, -0.1) is 0 Å². The van der Waals surface area contributed by atoms with Crippen LogP contribution in [0.2, 0.25) is 5.02 Å². The molecule has 0 saturated heterocycles. The summed E-state index contributed by atoms with van der Waals surface area (Å²) >= 11 is 14.9. The summed E-state index contributed by atoms with van der Waals surface area (Å²) in [4.78, 5) is 0. The summed E-state index contributed by atoms with van der Waals surface area (Å²) in [6.07, 6.45) is 5.08. The number of benzene rings is 1. The van der Waals surface area contributed by atoms with Gasteiger partial charge in [-0.25, -0.2) is 0 Å². The molecule has 1 saturated carbocycles. The van der Waals surface area contributed by atoms with Gasteiger partial charge in [-0.3, -0.25) is 0 Å². The standard InChI is InChI=1S/C14H18BrClN2S/c1-9-4-2-3-5-12(9)17-14(19)18-13-7-6-10(15)8-11(13)16/h6-9,12H,2-5H2,1H3,(H2,17,18,19). The lowest BCUT2D eigenvalue weighted by molar-refractivity contribution is 0.309. The largest absolute Gasteiger partial charge is 0.359 e. The summed E-state index contributed by atoms with van der Waals surface area (Å²) in [7, 11) is 0. The molecular formula is C14H18BrClN2S. The van der Waals surface area contributed by atoms with Crippen molar-refractivity contribution in [3.8, 4) is 0 Å². The van der Waals surface area contributed by atoms with Crippen LogP contribution in [-0.4, -0.2) is 11.2 Å². The summed E-state index contributed by atoms with van der Waals surface area (Å²) in [5.41, 5.74) is 0.839. The Morgan fingerprint density at radius 2 is 2.11 bits per heavy atom. The fourth-order valence-corrected chi connectivity index (χ4v) is 3.43. The van der Waals surface area contributed by atoms with E-state index in [1.165, 1.54) is 25.7 Å². The molecular weight excluding hydrogens is 344 g/mol. The number of rotatable bonds is 2. The van der Waals surface area contributed by atoms with Crippen molar-refractivity contribution in [2.45, 2.75) is 38.6 Å². The molecule has 1 aromatic carbocycles. The summed E-state index contributed by atoms with van der Waals surface area (Å²) in [6.45, 7) is 2.28. The van der Waals surface area contributed by atoms with Crippen molar-refractivity contribution in [3.05, 3.63) is 27.7 Å². The van der Waals surface area contributed by atoms with E-state index in [1.807, 2.05) is 18.2 Å². The third kappa shape index (κ3) is 4.33. The van der Waals surface area contributed by atoms with Crippen LogP contribution in [0, 0.1) is 5.92 Å². The first-order valence-corrected chi connectivity index (χ1v) is 8.17. The van der Waals surface area contributed by atoms with E-state index in [0.717, 1.165) is 10.2 Å². The molecule has 0 aliphatic heterocycles. The fraction of sp³-hybridized carbons (Fsp3) is 0.500. The van der Waals surface area contributed by atoms with E-state index in [1.54, 1.807) is 0 Å². The average molecular weight is 362 g/mol. The molecule has 0 bridgehead atoms. The molecule has 1 aliphatic carbocycles. The number of nitrogens with one attached hydrogen (secondary N) is 2. The van der Waals surface area contributed by atoms with Crippen LogP contribution >= 0.6 is 39.7 Å². The third-order valence-corrected chi connectivity index (χ3v) is 4.63. The monoisotopic (exact) mass is 360 g/mol. The van der Waals surface area contributed by atoms with Gasteiger partial charge < -0.3 is 10.6 Å². The van der Waals surface area contributed by atoms with Gasteiger partial charge >= 0.3 is 0 Å². The zero-order valence-corrected chi connectivity index (χ0v) is 14.0. The molecule has 2 rings (SSSR count). The zero-order chi connectivity index (χ0) is 13.8. The maximum absolute atomic E-state index is 6.17. The molecule has 104 valence electrons. The molecule has 2 atom stereocenters. The Balaban J connectivity index is 1.93. The van der Waals surface area contributed by atoms with E-state index < -0.39 is 0 Å². The Labute approximate surface area is 133 Å². The Hall–Kier alpha value is -0.320. The number of hydrogen-bond donors (Lipinski definition) is 2. The second-order valence-electron chi connectivity index (χ2n) is 5.09. The van der Waals surface area contributed by atoms with E-state index in [-0.39, 0.29) is 0 Å². The van der Waals surface area contributed by atoms with Crippen LogP contribution in [0.15, 0.2) is 22.7 Å². The smallest absolute Gasteiger partial charge is 0.171 e. The van der Waals surface area contributed by atoms with Crippen LogP contribution in [0.4, 0.5) is 5.69 Å². The minimum Gasteiger partial charge on any atom is -0.359 e. The number of thiocarbonyl (C=S) groups is 1. The van der Waals surface area contributed by atoms with Gasteiger partial charge in [-0.2, -0.15) is 0 Å². The molecule has 2 unspecified atom stereocenters. The molecule has 2 nitrogen and oxygen atoms in total. The molecule has 19 heavy (non-hydrogen) atoms. The lowest BCUT2D eigenvalue weighted by atomic mass is 9.86. The van der Waals surface area contributed by atoms with Crippen LogP contribution < -0.4 is 10.6 Å². The van der Waals surface area contributed by atoms with Crippen molar-refractivity contribution in [1.82, 2.24) is 5.32 Å². The number of anilines is 1. The van der Waals surface area contributed by atoms with Crippen LogP contribution in [0.1, 0.15) is 32.6 Å². The Bertz CT molecular complexity index is 467. The molecule has 0 aromatic heterocycles. The molecule has 0 spiro atoms. The quantitative estimate of drug-likeness (QED) is 0.727. The van der Waals surface area contributed by atoms with E-state index in [4.69, 9.17) is 23.8 Å². The lowest BCUT2D eigenvalue weighted by Gasteiger charge is -2.30. The van der Waals surface area contributed by atoms with Crippen molar-refractivity contribution < 1.29 is 0 Å². The highest BCUT2D eigenvalue weighted by Gasteiger charge is 2.21. The van der Waals surface area contributed by atoms with Crippen molar-refractivity contribution in [2.75, 3.05) is 5.32 Å². The lowest BCUT2D eigenvalue weighted by Crippen LogP contribution is -2.43. The van der Waals surface area contributed by atoms with E-state index in [0.29, 0.717) is 22.1 Å².